The van der Waals surface area contributed by atoms with Gasteiger partial charge in [-0.25, -0.2) is 0 Å². The summed E-state index contributed by atoms with van der Waals surface area (Å²) in [5.74, 6) is 0. The molecule has 1 heterocycles. The molecule has 1 fully saturated rings. The first-order chi connectivity index (χ1) is 7.72. The zero-order valence-corrected chi connectivity index (χ0v) is 10.3. The second-order valence-corrected chi connectivity index (χ2v) is 4.61. The van der Waals surface area contributed by atoms with Crippen LogP contribution in [0.2, 0.25) is 0 Å². The smallest absolute Gasteiger partial charge is 0.0641 e. The third-order valence-corrected chi connectivity index (χ3v) is 3.22. The van der Waals surface area contributed by atoms with E-state index < -0.39 is 0 Å². The van der Waals surface area contributed by atoms with Gasteiger partial charge in [-0.2, -0.15) is 5.10 Å². The van der Waals surface area contributed by atoms with Crippen molar-refractivity contribution in [2.75, 3.05) is 0 Å². The summed E-state index contributed by atoms with van der Waals surface area (Å²) in [7, 11) is 0. The molecule has 1 saturated carbocycles. The first-order valence-electron chi connectivity index (χ1n) is 6.09. The van der Waals surface area contributed by atoms with E-state index in [0.29, 0.717) is 0 Å². The van der Waals surface area contributed by atoms with Crippen molar-refractivity contribution in [3.8, 4) is 0 Å². The third kappa shape index (κ3) is 2.53. The third-order valence-electron chi connectivity index (χ3n) is 3.22. The van der Waals surface area contributed by atoms with Crippen LogP contribution in [-0.4, -0.2) is 15.8 Å². The summed E-state index contributed by atoms with van der Waals surface area (Å²) >= 11 is 0. The Hall–Kier alpha value is -1.09. The molecule has 1 aromatic heterocycles. The zero-order valence-electron chi connectivity index (χ0n) is 10.3. The number of rotatable bonds is 6. The van der Waals surface area contributed by atoms with Gasteiger partial charge in [0.05, 0.1) is 5.69 Å². The molecule has 0 saturated heterocycles. The van der Waals surface area contributed by atoms with Gasteiger partial charge < -0.3 is 5.32 Å². The van der Waals surface area contributed by atoms with E-state index in [4.69, 9.17) is 0 Å². The molecule has 0 aliphatic heterocycles. The summed E-state index contributed by atoms with van der Waals surface area (Å²) in [6.45, 7) is 9.92. The standard InChI is InChI=1S/C13H21N3/c1-4-5-8-16-11(3)13(10(2)15-16)9-14-12-6-7-12/h4,12,14H,1,5-9H2,2-3H3. The van der Waals surface area contributed by atoms with E-state index in [1.807, 2.05) is 6.08 Å². The predicted octanol–water partition coefficient (Wildman–Crippen LogP) is 2.33. The zero-order chi connectivity index (χ0) is 11.5. The Kier molecular flexibility index (Phi) is 3.44. The molecule has 88 valence electrons. The van der Waals surface area contributed by atoms with Crippen molar-refractivity contribution in [2.24, 2.45) is 0 Å². The Bertz CT molecular complexity index is 375. The van der Waals surface area contributed by atoms with Crippen LogP contribution in [0.1, 0.15) is 36.2 Å². The van der Waals surface area contributed by atoms with Gasteiger partial charge in [0.15, 0.2) is 0 Å². The summed E-state index contributed by atoms with van der Waals surface area (Å²) < 4.78 is 2.10. The molecule has 0 radical (unpaired) electrons. The van der Waals surface area contributed by atoms with Crippen LogP contribution in [0.4, 0.5) is 0 Å². The Morgan fingerprint density at radius 3 is 2.88 bits per heavy atom. The van der Waals surface area contributed by atoms with Gasteiger partial charge in [-0.05, 0) is 33.1 Å². The average molecular weight is 219 g/mol. The minimum Gasteiger partial charge on any atom is -0.310 e. The summed E-state index contributed by atoms with van der Waals surface area (Å²) in [5.41, 5.74) is 3.83. The number of nitrogens with zero attached hydrogens (tertiary/aromatic N) is 2. The fourth-order valence-electron chi connectivity index (χ4n) is 1.95. The van der Waals surface area contributed by atoms with Crippen molar-refractivity contribution in [3.05, 3.63) is 29.6 Å². The van der Waals surface area contributed by atoms with Crippen LogP contribution in [0.5, 0.6) is 0 Å². The van der Waals surface area contributed by atoms with E-state index >= 15 is 0 Å². The number of nitrogens with one attached hydrogen (secondary N) is 1. The lowest BCUT2D eigenvalue weighted by atomic mass is 10.2. The molecule has 1 aliphatic rings. The summed E-state index contributed by atoms with van der Waals surface area (Å²) in [6.07, 6.45) is 5.60. The van der Waals surface area contributed by atoms with Crippen molar-refractivity contribution < 1.29 is 0 Å². The molecule has 3 nitrogen and oxygen atoms in total. The van der Waals surface area contributed by atoms with E-state index in [9.17, 15) is 0 Å². The van der Waals surface area contributed by atoms with E-state index in [0.717, 1.165) is 31.2 Å². The number of hydrogen-bond donors (Lipinski definition) is 1. The van der Waals surface area contributed by atoms with Gasteiger partial charge in [-0.15, -0.1) is 6.58 Å². The first kappa shape index (κ1) is 11.4. The molecule has 0 unspecified atom stereocenters. The maximum atomic E-state index is 4.57. The Morgan fingerprint density at radius 2 is 2.25 bits per heavy atom. The largest absolute Gasteiger partial charge is 0.310 e. The molecule has 1 aromatic rings. The second kappa shape index (κ2) is 4.83. The van der Waals surface area contributed by atoms with Crippen molar-refractivity contribution >= 4 is 0 Å². The highest BCUT2D eigenvalue weighted by atomic mass is 15.3. The molecule has 2 rings (SSSR count). The molecule has 1 N–H and O–H groups in total. The van der Waals surface area contributed by atoms with E-state index in [-0.39, 0.29) is 0 Å². The van der Waals surface area contributed by atoms with Crippen LogP contribution in [0.15, 0.2) is 12.7 Å². The summed E-state index contributed by atoms with van der Waals surface area (Å²) in [6, 6.07) is 0.760. The molecular weight excluding hydrogens is 198 g/mol. The summed E-state index contributed by atoms with van der Waals surface area (Å²) in [4.78, 5) is 0. The first-order valence-corrected chi connectivity index (χ1v) is 6.09. The van der Waals surface area contributed by atoms with Gasteiger partial charge in [-0.1, -0.05) is 6.08 Å². The highest BCUT2D eigenvalue weighted by molar-refractivity contribution is 5.24. The fourth-order valence-corrected chi connectivity index (χ4v) is 1.95. The van der Waals surface area contributed by atoms with Gasteiger partial charge >= 0.3 is 0 Å². The molecule has 16 heavy (non-hydrogen) atoms. The SMILES string of the molecule is C=CCCn1nc(C)c(CNC2CC2)c1C. The van der Waals surface area contributed by atoms with Gasteiger partial charge in [-0.3, -0.25) is 4.68 Å². The maximum absolute atomic E-state index is 4.57. The Balaban J connectivity index is 2.03. The van der Waals surface area contributed by atoms with Crippen LogP contribution in [-0.2, 0) is 13.1 Å². The van der Waals surface area contributed by atoms with Gasteiger partial charge in [0.25, 0.3) is 0 Å². The Labute approximate surface area is 97.5 Å². The lowest BCUT2D eigenvalue weighted by Crippen LogP contribution is -2.16. The average Bonchev–Trinajstić information content (AvgIpc) is 3.03. The second-order valence-electron chi connectivity index (χ2n) is 4.61. The lowest BCUT2D eigenvalue weighted by molar-refractivity contribution is 0.600. The van der Waals surface area contributed by atoms with Crippen LogP contribution < -0.4 is 5.32 Å². The molecule has 1 aliphatic carbocycles. The quantitative estimate of drug-likeness (QED) is 0.744. The van der Waals surface area contributed by atoms with Crippen LogP contribution in [0, 0.1) is 13.8 Å². The topological polar surface area (TPSA) is 29.9 Å². The van der Waals surface area contributed by atoms with Crippen molar-refractivity contribution in [3.63, 3.8) is 0 Å². The van der Waals surface area contributed by atoms with Crippen molar-refractivity contribution in [1.82, 2.24) is 15.1 Å². The number of allylic oxidation sites excluding steroid dienone is 1. The van der Waals surface area contributed by atoms with Crippen molar-refractivity contribution in [2.45, 2.75) is 52.2 Å². The van der Waals surface area contributed by atoms with Gasteiger partial charge in [0, 0.05) is 30.4 Å². The molecule has 0 spiro atoms. The minimum absolute atomic E-state index is 0.760. The van der Waals surface area contributed by atoms with Gasteiger partial charge in [0.1, 0.15) is 0 Å². The highest BCUT2D eigenvalue weighted by Gasteiger charge is 2.21. The lowest BCUT2D eigenvalue weighted by Gasteiger charge is -2.05. The van der Waals surface area contributed by atoms with E-state index in [1.54, 1.807) is 0 Å². The molecule has 0 amide bonds. The summed E-state index contributed by atoms with van der Waals surface area (Å²) in [5, 5.41) is 8.13. The molecule has 0 atom stereocenters. The van der Waals surface area contributed by atoms with Crippen LogP contribution in [0.25, 0.3) is 0 Å². The van der Waals surface area contributed by atoms with Crippen LogP contribution >= 0.6 is 0 Å². The molecule has 0 bridgehead atoms. The van der Waals surface area contributed by atoms with Gasteiger partial charge in [0.2, 0.25) is 0 Å². The predicted molar refractivity (Wildman–Crippen MR) is 66.4 cm³/mol. The highest BCUT2D eigenvalue weighted by Crippen LogP contribution is 2.21. The van der Waals surface area contributed by atoms with Crippen LogP contribution in [0.3, 0.4) is 0 Å². The fraction of sp³-hybridized carbons (Fsp3) is 0.615. The molecular formula is C13H21N3. The van der Waals surface area contributed by atoms with E-state index in [2.05, 4.69) is 35.5 Å². The maximum Gasteiger partial charge on any atom is 0.0641 e. The van der Waals surface area contributed by atoms with E-state index in [1.165, 1.54) is 24.1 Å². The normalized spacial score (nSPS) is 15.4. The minimum atomic E-state index is 0.760. The Morgan fingerprint density at radius 1 is 1.50 bits per heavy atom. The monoisotopic (exact) mass is 219 g/mol. The number of aryl methyl sites for hydroxylation is 2. The number of aromatic nitrogens is 2. The molecule has 0 aromatic carbocycles. The number of hydrogen-bond acceptors (Lipinski definition) is 2. The van der Waals surface area contributed by atoms with Crippen molar-refractivity contribution in [1.29, 1.82) is 0 Å². The molecule has 3 heteroatoms.